The lowest BCUT2D eigenvalue weighted by atomic mass is 10.1. The van der Waals surface area contributed by atoms with E-state index in [2.05, 4.69) is 10.6 Å². The normalized spacial score (nSPS) is 10.5. The molecule has 1 amide bonds. The summed E-state index contributed by atoms with van der Waals surface area (Å²) in [6.07, 6.45) is 1.27. The summed E-state index contributed by atoms with van der Waals surface area (Å²) in [5.74, 6) is 0.0471. The molecule has 0 aromatic heterocycles. The minimum Gasteiger partial charge on any atom is -0.352 e. The van der Waals surface area contributed by atoms with Crippen LogP contribution in [0.1, 0.15) is 17.5 Å². The SMILES string of the molecule is O=C(CCNCCc1ccc(Cl)cc1Cl)NCc1ccccc1. The first kappa shape index (κ1) is 17.8. The van der Waals surface area contributed by atoms with Gasteiger partial charge in [0.2, 0.25) is 5.91 Å². The lowest BCUT2D eigenvalue weighted by Crippen LogP contribution is -2.28. The average molecular weight is 351 g/mol. The van der Waals surface area contributed by atoms with Crippen molar-refractivity contribution in [1.29, 1.82) is 0 Å². The van der Waals surface area contributed by atoms with Gasteiger partial charge in [0.15, 0.2) is 0 Å². The molecule has 0 unspecified atom stereocenters. The van der Waals surface area contributed by atoms with Gasteiger partial charge in [-0.2, -0.15) is 0 Å². The first-order chi connectivity index (χ1) is 11.1. The molecule has 2 rings (SSSR count). The summed E-state index contributed by atoms with van der Waals surface area (Å²) in [5.41, 5.74) is 2.16. The lowest BCUT2D eigenvalue weighted by Gasteiger charge is -2.08. The van der Waals surface area contributed by atoms with E-state index >= 15 is 0 Å². The van der Waals surface area contributed by atoms with Crippen LogP contribution >= 0.6 is 23.2 Å². The number of rotatable bonds is 8. The third kappa shape index (κ3) is 6.61. The molecule has 2 aromatic rings. The van der Waals surface area contributed by atoms with Gasteiger partial charge in [0, 0.05) is 29.6 Å². The van der Waals surface area contributed by atoms with Crippen molar-refractivity contribution < 1.29 is 4.79 Å². The van der Waals surface area contributed by atoms with Crippen molar-refractivity contribution in [2.24, 2.45) is 0 Å². The summed E-state index contributed by atoms with van der Waals surface area (Å²) < 4.78 is 0. The highest BCUT2D eigenvalue weighted by Gasteiger charge is 2.03. The Morgan fingerprint density at radius 2 is 1.78 bits per heavy atom. The maximum atomic E-state index is 11.8. The van der Waals surface area contributed by atoms with Crippen LogP contribution in [0, 0.1) is 0 Å². The maximum Gasteiger partial charge on any atom is 0.221 e. The zero-order valence-electron chi connectivity index (χ0n) is 12.8. The topological polar surface area (TPSA) is 41.1 Å². The molecule has 0 aliphatic rings. The van der Waals surface area contributed by atoms with Crippen molar-refractivity contribution in [3.05, 3.63) is 69.7 Å². The predicted octanol–water partition coefficient (Wildman–Crippen LogP) is 3.83. The van der Waals surface area contributed by atoms with Crippen LogP contribution in [0.2, 0.25) is 10.0 Å². The summed E-state index contributed by atoms with van der Waals surface area (Å²) in [4.78, 5) is 11.8. The van der Waals surface area contributed by atoms with Gasteiger partial charge in [-0.15, -0.1) is 0 Å². The smallest absolute Gasteiger partial charge is 0.221 e. The first-order valence-corrected chi connectivity index (χ1v) is 8.36. The fourth-order valence-electron chi connectivity index (χ4n) is 2.16. The number of amides is 1. The van der Waals surface area contributed by atoms with Crippen molar-refractivity contribution in [3.8, 4) is 0 Å². The molecule has 0 spiro atoms. The summed E-state index contributed by atoms with van der Waals surface area (Å²) in [5, 5.41) is 7.48. The van der Waals surface area contributed by atoms with E-state index in [1.165, 1.54) is 0 Å². The number of hydrogen-bond donors (Lipinski definition) is 2. The molecule has 2 aromatic carbocycles. The molecule has 0 saturated heterocycles. The second-order valence-electron chi connectivity index (χ2n) is 5.25. The predicted molar refractivity (Wildman–Crippen MR) is 95.9 cm³/mol. The fraction of sp³-hybridized carbons (Fsp3) is 0.278. The number of carbonyl (C=O) groups is 1. The van der Waals surface area contributed by atoms with Gasteiger partial charge < -0.3 is 10.6 Å². The molecule has 0 bridgehead atoms. The van der Waals surface area contributed by atoms with Crippen molar-refractivity contribution in [2.45, 2.75) is 19.4 Å². The van der Waals surface area contributed by atoms with E-state index in [-0.39, 0.29) is 5.91 Å². The highest BCUT2D eigenvalue weighted by molar-refractivity contribution is 6.35. The van der Waals surface area contributed by atoms with Crippen LogP contribution in [0.15, 0.2) is 48.5 Å². The minimum atomic E-state index is 0.0471. The van der Waals surface area contributed by atoms with E-state index in [1.54, 1.807) is 6.07 Å². The van der Waals surface area contributed by atoms with Crippen molar-refractivity contribution >= 4 is 29.1 Å². The summed E-state index contributed by atoms with van der Waals surface area (Å²) in [6, 6.07) is 15.4. The van der Waals surface area contributed by atoms with Gasteiger partial charge in [0.25, 0.3) is 0 Å². The van der Waals surface area contributed by atoms with Crippen LogP contribution < -0.4 is 10.6 Å². The Balaban J connectivity index is 1.59. The molecule has 3 nitrogen and oxygen atoms in total. The molecular weight excluding hydrogens is 331 g/mol. The quantitative estimate of drug-likeness (QED) is 0.710. The van der Waals surface area contributed by atoms with Crippen molar-refractivity contribution in [1.82, 2.24) is 10.6 Å². The number of carbonyl (C=O) groups excluding carboxylic acids is 1. The maximum absolute atomic E-state index is 11.8. The van der Waals surface area contributed by atoms with Crippen molar-refractivity contribution in [2.75, 3.05) is 13.1 Å². The van der Waals surface area contributed by atoms with Gasteiger partial charge in [-0.25, -0.2) is 0 Å². The van der Waals surface area contributed by atoms with Crippen LogP contribution in [0.4, 0.5) is 0 Å². The van der Waals surface area contributed by atoms with Gasteiger partial charge in [0.05, 0.1) is 0 Å². The second-order valence-corrected chi connectivity index (χ2v) is 6.09. The molecule has 0 fully saturated rings. The third-order valence-electron chi connectivity index (χ3n) is 3.45. The lowest BCUT2D eigenvalue weighted by molar-refractivity contribution is -0.121. The molecule has 2 N–H and O–H groups in total. The number of nitrogens with one attached hydrogen (secondary N) is 2. The van der Waals surface area contributed by atoms with Crippen LogP contribution in [-0.4, -0.2) is 19.0 Å². The average Bonchev–Trinajstić information content (AvgIpc) is 2.55. The van der Waals surface area contributed by atoms with Gasteiger partial charge >= 0.3 is 0 Å². The van der Waals surface area contributed by atoms with E-state index in [0.29, 0.717) is 29.6 Å². The molecule has 23 heavy (non-hydrogen) atoms. The molecule has 0 aliphatic carbocycles. The summed E-state index contributed by atoms with van der Waals surface area (Å²) in [7, 11) is 0. The Hall–Kier alpha value is -1.55. The standard InChI is InChI=1S/C18H20Cl2N2O/c19-16-7-6-15(17(20)12-16)8-10-21-11-9-18(23)22-13-14-4-2-1-3-5-14/h1-7,12,21H,8-11,13H2,(H,22,23). The monoisotopic (exact) mass is 350 g/mol. The molecule has 0 heterocycles. The number of hydrogen-bond acceptors (Lipinski definition) is 2. The molecular formula is C18H20Cl2N2O. The third-order valence-corrected chi connectivity index (χ3v) is 4.03. The van der Waals surface area contributed by atoms with E-state index < -0.39 is 0 Å². The Bertz CT molecular complexity index is 632. The molecule has 122 valence electrons. The Kier molecular flexibility index (Phi) is 7.40. The second kappa shape index (κ2) is 9.56. The molecule has 0 atom stereocenters. The molecule has 0 radical (unpaired) electrons. The van der Waals surface area contributed by atoms with Crippen LogP contribution in [0.25, 0.3) is 0 Å². The van der Waals surface area contributed by atoms with E-state index in [0.717, 1.165) is 24.1 Å². The molecule has 0 aliphatic heterocycles. The van der Waals surface area contributed by atoms with Crippen LogP contribution in [0.5, 0.6) is 0 Å². The van der Waals surface area contributed by atoms with Gasteiger partial charge in [-0.1, -0.05) is 59.6 Å². The van der Waals surface area contributed by atoms with Gasteiger partial charge in [-0.3, -0.25) is 4.79 Å². The van der Waals surface area contributed by atoms with Crippen LogP contribution in [-0.2, 0) is 17.8 Å². The first-order valence-electron chi connectivity index (χ1n) is 7.60. The van der Waals surface area contributed by atoms with E-state index in [4.69, 9.17) is 23.2 Å². The van der Waals surface area contributed by atoms with Crippen LogP contribution in [0.3, 0.4) is 0 Å². The largest absolute Gasteiger partial charge is 0.352 e. The number of benzene rings is 2. The summed E-state index contributed by atoms with van der Waals surface area (Å²) in [6.45, 7) is 1.99. The molecule has 5 heteroatoms. The van der Waals surface area contributed by atoms with Crippen molar-refractivity contribution in [3.63, 3.8) is 0 Å². The Morgan fingerprint density at radius 1 is 1.00 bits per heavy atom. The van der Waals surface area contributed by atoms with Gasteiger partial charge in [0.1, 0.15) is 0 Å². The fourth-order valence-corrected chi connectivity index (χ4v) is 2.66. The molecule has 0 saturated carbocycles. The summed E-state index contributed by atoms with van der Waals surface area (Å²) >= 11 is 12.0. The highest BCUT2D eigenvalue weighted by Crippen LogP contribution is 2.20. The zero-order valence-corrected chi connectivity index (χ0v) is 14.3. The Morgan fingerprint density at radius 3 is 2.52 bits per heavy atom. The zero-order chi connectivity index (χ0) is 16.5. The van der Waals surface area contributed by atoms with E-state index in [9.17, 15) is 4.79 Å². The Labute approximate surface area is 147 Å². The van der Waals surface area contributed by atoms with Gasteiger partial charge in [-0.05, 0) is 36.2 Å². The van der Waals surface area contributed by atoms with E-state index in [1.807, 2.05) is 42.5 Å². The number of halogens is 2. The highest BCUT2D eigenvalue weighted by atomic mass is 35.5. The minimum absolute atomic E-state index is 0.0471.